The third kappa shape index (κ3) is 1.72. The molecule has 0 fully saturated rings. The van der Waals surface area contributed by atoms with E-state index < -0.39 is 11.9 Å². The van der Waals surface area contributed by atoms with Gasteiger partial charge in [-0.15, -0.1) is 0 Å². The first-order valence-corrected chi connectivity index (χ1v) is 5.40. The first-order valence-electron chi connectivity index (χ1n) is 5.40. The molecule has 0 radical (unpaired) electrons. The van der Waals surface area contributed by atoms with Gasteiger partial charge in [0, 0.05) is 0 Å². The fraction of sp³-hybridized carbons (Fsp3) is 0.143. The molecule has 0 saturated heterocycles. The van der Waals surface area contributed by atoms with Crippen LogP contribution >= 0.6 is 0 Å². The molecule has 0 aliphatic heterocycles. The molecular weight excluding hydrogens is 232 g/mol. The highest BCUT2D eigenvalue weighted by atomic mass is 16.5. The van der Waals surface area contributed by atoms with Crippen molar-refractivity contribution in [1.82, 2.24) is 0 Å². The fourth-order valence-electron chi connectivity index (χ4n) is 2.15. The lowest BCUT2D eigenvalue weighted by Gasteiger charge is -2.00. The molecule has 2 aliphatic carbocycles. The van der Waals surface area contributed by atoms with Crippen LogP contribution in [-0.2, 0) is 4.74 Å². The van der Waals surface area contributed by atoms with E-state index in [-0.39, 0.29) is 5.56 Å². The Kier molecular flexibility index (Phi) is 3.02. The Bertz CT molecular complexity index is 601. The van der Waals surface area contributed by atoms with Gasteiger partial charge in [0.15, 0.2) is 0 Å². The van der Waals surface area contributed by atoms with Gasteiger partial charge in [-0.25, -0.2) is 9.59 Å². The minimum absolute atomic E-state index is 0.154. The van der Waals surface area contributed by atoms with Gasteiger partial charge < -0.3 is 9.84 Å². The summed E-state index contributed by atoms with van der Waals surface area (Å²) < 4.78 is 4.72. The molecule has 18 heavy (non-hydrogen) atoms. The third-order valence-electron chi connectivity index (χ3n) is 2.93. The molecule has 0 amide bonds. The molecule has 0 spiro atoms. The Labute approximate surface area is 104 Å². The van der Waals surface area contributed by atoms with Crippen LogP contribution in [0.3, 0.4) is 0 Å². The monoisotopic (exact) mass is 244 g/mol. The number of aromatic carboxylic acids is 1. The van der Waals surface area contributed by atoms with E-state index in [0.717, 1.165) is 0 Å². The molecule has 0 unspecified atom stereocenters. The van der Waals surface area contributed by atoms with Crippen LogP contribution in [0, 0.1) is 6.92 Å². The summed E-state index contributed by atoms with van der Waals surface area (Å²) in [6.07, 6.45) is 0. The van der Waals surface area contributed by atoms with Crippen LogP contribution in [-0.4, -0.2) is 24.2 Å². The van der Waals surface area contributed by atoms with Gasteiger partial charge in [-0.1, -0.05) is 30.3 Å². The van der Waals surface area contributed by atoms with Crippen molar-refractivity contribution < 1.29 is 19.4 Å². The highest BCUT2D eigenvalue weighted by Crippen LogP contribution is 2.36. The van der Waals surface area contributed by atoms with Gasteiger partial charge in [0.2, 0.25) is 0 Å². The topological polar surface area (TPSA) is 63.6 Å². The van der Waals surface area contributed by atoms with Crippen molar-refractivity contribution in [3.63, 3.8) is 0 Å². The molecular formula is C14H12O4. The lowest BCUT2D eigenvalue weighted by atomic mass is 10.1. The predicted octanol–water partition coefficient (Wildman–Crippen LogP) is 2.58. The largest absolute Gasteiger partial charge is 0.478 e. The zero-order valence-corrected chi connectivity index (χ0v) is 10.1. The Balaban J connectivity index is 2.85. The van der Waals surface area contributed by atoms with Gasteiger partial charge >= 0.3 is 11.9 Å². The molecule has 4 nitrogen and oxygen atoms in total. The number of esters is 1. The maximum Gasteiger partial charge on any atom is 0.338 e. The summed E-state index contributed by atoms with van der Waals surface area (Å²) in [5, 5.41) is 9.26. The van der Waals surface area contributed by atoms with Gasteiger partial charge in [-0.2, -0.15) is 0 Å². The number of carboxylic acid groups (broad SMARTS) is 1. The van der Waals surface area contributed by atoms with Gasteiger partial charge in [0.05, 0.1) is 18.2 Å². The van der Waals surface area contributed by atoms with E-state index in [4.69, 9.17) is 4.74 Å². The Hall–Kier alpha value is -2.36. The van der Waals surface area contributed by atoms with E-state index in [0.29, 0.717) is 22.3 Å². The highest BCUT2D eigenvalue weighted by Gasteiger charge is 2.28. The van der Waals surface area contributed by atoms with Crippen LogP contribution in [0.5, 0.6) is 0 Å². The van der Waals surface area contributed by atoms with E-state index in [1.807, 2.05) is 0 Å². The van der Waals surface area contributed by atoms with Crippen LogP contribution in [0.1, 0.15) is 26.3 Å². The average molecular weight is 244 g/mol. The summed E-state index contributed by atoms with van der Waals surface area (Å²) >= 11 is 0. The van der Waals surface area contributed by atoms with E-state index in [2.05, 4.69) is 0 Å². The van der Waals surface area contributed by atoms with Crippen molar-refractivity contribution in [3.8, 4) is 11.1 Å². The maximum absolute atomic E-state index is 11.8. The normalized spacial score (nSPS) is 10.3. The van der Waals surface area contributed by atoms with Crippen molar-refractivity contribution in [2.75, 3.05) is 7.11 Å². The van der Waals surface area contributed by atoms with Gasteiger partial charge in [-0.3, -0.25) is 0 Å². The van der Waals surface area contributed by atoms with Crippen LogP contribution in [0.25, 0.3) is 11.1 Å². The molecule has 0 saturated carbocycles. The molecule has 0 aromatic carbocycles. The molecule has 2 aliphatic rings. The minimum atomic E-state index is -1.04. The van der Waals surface area contributed by atoms with Gasteiger partial charge in [0.25, 0.3) is 0 Å². The van der Waals surface area contributed by atoms with Crippen LogP contribution in [0.4, 0.5) is 0 Å². The quantitative estimate of drug-likeness (QED) is 0.825. The number of hydrogen-bond acceptors (Lipinski definition) is 3. The first kappa shape index (κ1) is 12.1. The SMILES string of the molecule is COC(=O)c1c2cccccc-2c(C(=O)O)c1C. The zero-order valence-electron chi connectivity index (χ0n) is 10.1. The van der Waals surface area contributed by atoms with Crippen molar-refractivity contribution >= 4 is 11.9 Å². The Morgan fingerprint density at radius 2 is 1.61 bits per heavy atom. The average Bonchev–Trinajstić information content (AvgIpc) is 2.50. The third-order valence-corrected chi connectivity index (χ3v) is 2.93. The summed E-state index contributed by atoms with van der Waals surface area (Å²) in [7, 11) is 1.28. The molecule has 0 aromatic heterocycles. The Morgan fingerprint density at radius 1 is 1.06 bits per heavy atom. The maximum atomic E-state index is 11.8. The summed E-state index contributed by atoms with van der Waals surface area (Å²) in [5.74, 6) is -1.56. The summed E-state index contributed by atoms with van der Waals surface area (Å²) in [6.45, 7) is 1.62. The standard InChI is InChI=1S/C14H12O4/c1-8-11(13(15)16)9-6-4-3-5-7-10(9)12(8)14(17)18-2/h3-7H,1-2H3,(H,15,16). The van der Waals surface area contributed by atoms with E-state index in [1.54, 1.807) is 37.3 Å². The van der Waals surface area contributed by atoms with E-state index in [9.17, 15) is 14.7 Å². The number of carbonyl (C=O) groups excluding carboxylic acids is 1. The van der Waals surface area contributed by atoms with E-state index >= 15 is 0 Å². The molecule has 0 aromatic rings. The van der Waals surface area contributed by atoms with Crippen LogP contribution in [0.2, 0.25) is 0 Å². The smallest absolute Gasteiger partial charge is 0.338 e. The second-order valence-electron chi connectivity index (χ2n) is 3.91. The van der Waals surface area contributed by atoms with Crippen LogP contribution < -0.4 is 0 Å². The number of carboxylic acids is 1. The summed E-state index contributed by atoms with van der Waals surface area (Å²) in [6, 6.07) is 8.70. The molecule has 2 rings (SSSR count). The molecule has 0 bridgehead atoms. The van der Waals surface area contributed by atoms with Crippen molar-refractivity contribution in [3.05, 3.63) is 47.0 Å². The van der Waals surface area contributed by atoms with Gasteiger partial charge in [0.1, 0.15) is 0 Å². The number of ether oxygens (including phenoxy) is 1. The molecule has 0 heterocycles. The minimum Gasteiger partial charge on any atom is -0.478 e. The molecule has 0 atom stereocenters. The second kappa shape index (κ2) is 4.49. The number of rotatable bonds is 2. The summed E-state index contributed by atoms with van der Waals surface area (Å²) in [5.41, 5.74) is 2.06. The lowest BCUT2D eigenvalue weighted by molar-refractivity contribution is 0.0601. The van der Waals surface area contributed by atoms with Crippen LogP contribution in [0.15, 0.2) is 30.3 Å². The molecule has 1 N–H and O–H groups in total. The number of fused-ring (bicyclic) bond motifs is 1. The molecule has 92 valence electrons. The van der Waals surface area contributed by atoms with Gasteiger partial charge in [-0.05, 0) is 23.6 Å². The first-order chi connectivity index (χ1) is 8.57. The number of methoxy groups -OCH3 is 1. The van der Waals surface area contributed by atoms with Crippen molar-refractivity contribution in [2.24, 2.45) is 0 Å². The number of hydrogen-bond donors (Lipinski definition) is 1. The zero-order chi connectivity index (χ0) is 13.3. The number of carbonyl (C=O) groups is 2. The van der Waals surface area contributed by atoms with Crippen molar-refractivity contribution in [1.29, 1.82) is 0 Å². The summed E-state index contributed by atoms with van der Waals surface area (Å²) in [4.78, 5) is 23.1. The second-order valence-corrected chi connectivity index (χ2v) is 3.91. The highest BCUT2D eigenvalue weighted by molar-refractivity contribution is 6.09. The van der Waals surface area contributed by atoms with E-state index in [1.165, 1.54) is 7.11 Å². The Morgan fingerprint density at radius 3 is 2.11 bits per heavy atom. The predicted molar refractivity (Wildman–Crippen MR) is 66.1 cm³/mol. The molecule has 4 heteroatoms. The fourth-order valence-corrected chi connectivity index (χ4v) is 2.15. The van der Waals surface area contributed by atoms with Crippen molar-refractivity contribution in [2.45, 2.75) is 6.92 Å². The lowest BCUT2D eigenvalue weighted by Crippen LogP contribution is -2.03.